The van der Waals surface area contributed by atoms with Crippen molar-refractivity contribution in [2.24, 2.45) is 0 Å². The van der Waals surface area contributed by atoms with E-state index in [1.165, 1.54) is 0 Å². The monoisotopic (exact) mass is 444 g/mol. The molecule has 0 aromatic heterocycles. The summed E-state index contributed by atoms with van der Waals surface area (Å²) in [6, 6.07) is 22.0. The molecule has 3 aromatic carbocycles. The van der Waals surface area contributed by atoms with Crippen LogP contribution in [0.4, 0.5) is 0 Å². The van der Waals surface area contributed by atoms with E-state index in [1.807, 2.05) is 65.6 Å². The van der Waals surface area contributed by atoms with Crippen LogP contribution in [0.3, 0.4) is 0 Å². The van der Waals surface area contributed by atoms with Crippen molar-refractivity contribution in [2.45, 2.75) is 25.4 Å². The van der Waals surface area contributed by atoms with Gasteiger partial charge in [-0.15, -0.1) is 0 Å². The van der Waals surface area contributed by atoms with Gasteiger partial charge in [-0.2, -0.15) is 0 Å². The standard InChI is InChI=1S/C27H28N2O4/c1-32-24-16-21-13-14-29(18-22(21)17-25(24)33-2)27(31)23(15-19-9-5-3-6-10-19)28-26(30)20-11-7-4-8-12-20/h3-12,16-17,23H,13-15,18H2,1-2H3,(H,28,30)/t23-/m1/s1. The van der Waals surface area contributed by atoms with Crippen LogP contribution in [-0.4, -0.2) is 43.5 Å². The first-order chi connectivity index (χ1) is 16.1. The van der Waals surface area contributed by atoms with Crippen LogP contribution in [0.25, 0.3) is 0 Å². The molecule has 1 aliphatic heterocycles. The van der Waals surface area contributed by atoms with Crippen molar-refractivity contribution in [1.29, 1.82) is 0 Å². The molecule has 1 aliphatic rings. The van der Waals surface area contributed by atoms with Crippen molar-refractivity contribution in [3.8, 4) is 11.5 Å². The first-order valence-electron chi connectivity index (χ1n) is 11.0. The molecule has 0 saturated carbocycles. The third kappa shape index (κ3) is 5.17. The summed E-state index contributed by atoms with van der Waals surface area (Å²) in [5.41, 5.74) is 3.70. The van der Waals surface area contributed by atoms with Gasteiger partial charge in [0.05, 0.1) is 14.2 Å². The largest absolute Gasteiger partial charge is 0.493 e. The normalized spacial score (nSPS) is 13.6. The number of rotatable bonds is 7. The smallest absolute Gasteiger partial charge is 0.251 e. The van der Waals surface area contributed by atoms with Gasteiger partial charge in [-0.3, -0.25) is 9.59 Å². The number of hydrogen-bond acceptors (Lipinski definition) is 4. The molecule has 1 N–H and O–H groups in total. The van der Waals surface area contributed by atoms with E-state index in [1.54, 1.807) is 26.4 Å². The van der Waals surface area contributed by atoms with Crippen LogP contribution < -0.4 is 14.8 Å². The molecule has 3 aromatic rings. The second kappa shape index (κ2) is 10.2. The predicted octanol–water partition coefficient (Wildman–Crippen LogP) is 3.63. The van der Waals surface area contributed by atoms with Gasteiger partial charge in [0.2, 0.25) is 5.91 Å². The molecule has 2 amide bonds. The number of fused-ring (bicyclic) bond motifs is 1. The van der Waals surface area contributed by atoms with Crippen molar-refractivity contribution in [3.63, 3.8) is 0 Å². The summed E-state index contributed by atoms with van der Waals surface area (Å²) in [4.78, 5) is 28.3. The van der Waals surface area contributed by atoms with Gasteiger partial charge in [-0.25, -0.2) is 0 Å². The van der Waals surface area contributed by atoms with Crippen molar-refractivity contribution >= 4 is 11.8 Å². The summed E-state index contributed by atoms with van der Waals surface area (Å²) in [6.07, 6.45) is 1.14. The first-order valence-corrected chi connectivity index (χ1v) is 11.0. The lowest BCUT2D eigenvalue weighted by atomic mass is 9.97. The maximum absolute atomic E-state index is 13.6. The van der Waals surface area contributed by atoms with E-state index in [0.29, 0.717) is 43.0 Å². The minimum absolute atomic E-state index is 0.0939. The van der Waals surface area contributed by atoms with Crippen LogP contribution in [0.1, 0.15) is 27.0 Å². The zero-order valence-electron chi connectivity index (χ0n) is 18.9. The summed E-state index contributed by atoms with van der Waals surface area (Å²) in [6.45, 7) is 1.04. The van der Waals surface area contributed by atoms with Gasteiger partial charge < -0.3 is 19.7 Å². The van der Waals surface area contributed by atoms with Crippen LogP contribution in [0, 0.1) is 0 Å². The zero-order valence-corrected chi connectivity index (χ0v) is 18.9. The number of hydrogen-bond donors (Lipinski definition) is 1. The first kappa shape index (κ1) is 22.4. The molecule has 1 atom stereocenters. The Labute approximate surface area is 194 Å². The van der Waals surface area contributed by atoms with E-state index >= 15 is 0 Å². The fraction of sp³-hybridized carbons (Fsp3) is 0.259. The number of nitrogens with one attached hydrogen (secondary N) is 1. The van der Waals surface area contributed by atoms with Crippen LogP contribution in [0.5, 0.6) is 11.5 Å². The highest BCUT2D eigenvalue weighted by molar-refractivity contribution is 5.97. The Bertz CT molecular complexity index is 1120. The Balaban J connectivity index is 1.56. The molecule has 4 rings (SSSR count). The highest BCUT2D eigenvalue weighted by Gasteiger charge is 2.29. The van der Waals surface area contributed by atoms with Crippen LogP contribution in [0.2, 0.25) is 0 Å². The summed E-state index contributed by atoms with van der Waals surface area (Å²) < 4.78 is 10.9. The molecule has 33 heavy (non-hydrogen) atoms. The third-order valence-corrected chi connectivity index (χ3v) is 5.95. The summed E-state index contributed by atoms with van der Waals surface area (Å²) >= 11 is 0. The van der Waals surface area contributed by atoms with E-state index in [9.17, 15) is 9.59 Å². The molecule has 170 valence electrons. The Hall–Kier alpha value is -3.80. The second-order valence-corrected chi connectivity index (χ2v) is 8.07. The zero-order chi connectivity index (χ0) is 23.2. The average molecular weight is 445 g/mol. The van der Waals surface area contributed by atoms with E-state index in [2.05, 4.69) is 5.32 Å². The van der Waals surface area contributed by atoms with Gasteiger partial charge in [0.25, 0.3) is 5.91 Å². The van der Waals surface area contributed by atoms with E-state index in [-0.39, 0.29) is 11.8 Å². The lowest BCUT2D eigenvalue weighted by Crippen LogP contribution is -2.50. The van der Waals surface area contributed by atoms with Crippen LogP contribution in [-0.2, 0) is 24.2 Å². The molecule has 6 nitrogen and oxygen atoms in total. The Kier molecular flexibility index (Phi) is 6.93. The number of nitrogens with zero attached hydrogens (tertiary/aromatic N) is 1. The minimum Gasteiger partial charge on any atom is -0.493 e. The molecular weight excluding hydrogens is 416 g/mol. The van der Waals surface area contributed by atoms with Crippen molar-refractivity contribution in [3.05, 3.63) is 95.1 Å². The molecule has 0 bridgehead atoms. The highest BCUT2D eigenvalue weighted by atomic mass is 16.5. The molecular formula is C27H28N2O4. The number of benzene rings is 3. The fourth-order valence-corrected chi connectivity index (χ4v) is 4.17. The van der Waals surface area contributed by atoms with E-state index < -0.39 is 6.04 Å². The van der Waals surface area contributed by atoms with Gasteiger partial charge in [0.15, 0.2) is 11.5 Å². The van der Waals surface area contributed by atoms with Gasteiger partial charge in [-0.05, 0) is 47.4 Å². The maximum atomic E-state index is 13.6. The quantitative estimate of drug-likeness (QED) is 0.604. The number of carbonyl (C=O) groups excluding carboxylic acids is 2. The number of ether oxygens (including phenoxy) is 2. The number of carbonyl (C=O) groups is 2. The number of methoxy groups -OCH3 is 2. The van der Waals surface area contributed by atoms with Crippen molar-refractivity contribution in [1.82, 2.24) is 10.2 Å². The SMILES string of the molecule is COc1cc2c(cc1OC)CN(C(=O)[C@@H](Cc1ccccc1)NC(=O)c1ccccc1)CC2. The van der Waals surface area contributed by atoms with Gasteiger partial charge >= 0.3 is 0 Å². The summed E-state index contributed by atoms with van der Waals surface area (Å²) in [5.74, 6) is 0.981. The van der Waals surface area contributed by atoms with Gasteiger partial charge in [-0.1, -0.05) is 48.5 Å². The van der Waals surface area contributed by atoms with Gasteiger partial charge in [0, 0.05) is 25.1 Å². The topological polar surface area (TPSA) is 67.9 Å². The van der Waals surface area contributed by atoms with Crippen LogP contribution >= 0.6 is 0 Å². The summed E-state index contributed by atoms with van der Waals surface area (Å²) in [7, 11) is 3.22. The highest BCUT2D eigenvalue weighted by Crippen LogP contribution is 2.33. The molecule has 0 unspecified atom stereocenters. The Morgan fingerprint density at radius 3 is 2.15 bits per heavy atom. The molecule has 0 saturated heterocycles. The maximum Gasteiger partial charge on any atom is 0.251 e. The lowest BCUT2D eigenvalue weighted by Gasteiger charge is -2.32. The fourth-order valence-electron chi connectivity index (χ4n) is 4.17. The second-order valence-electron chi connectivity index (χ2n) is 8.07. The van der Waals surface area contributed by atoms with E-state index in [4.69, 9.17) is 9.47 Å². The molecule has 0 radical (unpaired) electrons. The van der Waals surface area contributed by atoms with Crippen molar-refractivity contribution < 1.29 is 19.1 Å². The minimum atomic E-state index is -0.665. The predicted molar refractivity (Wildman–Crippen MR) is 127 cm³/mol. The third-order valence-electron chi connectivity index (χ3n) is 5.95. The van der Waals surface area contributed by atoms with Crippen molar-refractivity contribution in [2.75, 3.05) is 20.8 Å². The molecule has 0 fully saturated rings. The van der Waals surface area contributed by atoms with Crippen LogP contribution in [0.15, 0.2) is 72.8 Å². The van der Waals surface area contributed by atoms with Gasteiger partial charge in [0.1, 0.15) is 6.04 Å². The molecule has 0 aliphatic carbocycles. The lowest BCUT2D eigenvalue weighted by molar-refractivity contribution is -0.134. The van der Waals surface area contributed by atoms with E-state index in [0.717, 1.165) is 16.7 Å². The molecule has 0 spiro atoms. The summed E-state index contributed by atoms with van der Waals surface area (Å²) in [5, 5.41) is 2.97. The molecule has 6 heteroatoms. The Morgan fingerprint density at radius 2 is 1.52 bits per heavy atom. The molecule has 1 heterocycles. The average Bonchev–Trinajstić information content (AvgIpc) is 2.87. The number of amides is 2. The Morgan fingerprint density at radius 1 is 0.909 bits per heavy atom.